The molecule has 2 bridgehead atoms. The molecule has 0 radical (unpaired) electrons. The van der Waals surface area contributed by atoms with Crippen LogP contribution >= 0.6 is 15.9 Å². The molecule has 0 saturated heterocycles. The second-order valence-electron chi connectivity index (χ2n) is 7.79. The third kappa shape index (κ3) is 1.68. The first kappa shape index (κ1) is 13.6. The van der Waals surface area contributed by atoms with Crippen molar-refractivity contribution in [3.8, 4) is 0 Å². The molecule has 21 heavy (non-hydrogen) atoms. The van der Waals surface area contributed by atoms with Gasteiger partial charge in [0.25, 0.3) is 0 Å². The second-order valence-corrected chi connectivity index (χ2v) is 8.71. The van der Waals surface area contributed by atoms with Crippen molar-refractivity contribution in [3.05, 3.63) is 22.7 Å². The molecule has 2 fully saturated rings. The highest BCUT2D eigenvalue weighted by Gasteiger charge is 2.60. The number of anilines is 1. The first-order chi connectivity index (χ1) is 9.83. The molecule has 1 heterocycles. The summed E-state index contributed by atoms with van der Waals surface area (Å²) in [4.78, 5) is 4.60. The summed E-state index contributed by atoms with van der Waals surface area (Å²) >= 11 is 3.59. The van der Waals surface area contributed by atoms with Crippen molar-refractivity contribution in [1.29, 1.82) is 0 Å². The molecule has 4 rings (SSSR count). The van der Waals surface area contributed by atoms with E-state index in [0.29, 0.717) is 17.4 Å². The first-order valence-electron chi connectivity index (χ1n) is 7.76. The molecule has 2 aromatic rings. The van der Waals surface area contributed by atoms with Crippen molar-refractivity contribution < 1.29 is 0 Å². The summed E-state index contributed by atoms with van der Waals surface area (Å²) < 4.78 is 3.40. The zero-order chi connectivity index (χ0) is 15.0. The largest absolute Gasteiger partial charge is 0.369 e. The lowest BCUT2D eigenvalue weighted by Crippen LogP contribution is -2.37. The van der Waals surface area contributed by atoms with E-state index in [2.05, 4.69) is 58.4 Å². The zero-order valence-corrected chi connectivity index (χ0v) is 14.4. The molecule has 0 amide bonds. The van der Waals surface area contributed by atoms with Crippen LogP contribution in [0.3, 0.4) is 0 Å². The Morgan fingerprint density at radius 1 is 1.33 bits per heavy atom. The van der Waals surface area contributed by atoms with E-state index >= 15 is 0 Å². The Labute approximate surface area is 134 Å². The molecular formula is C17H22BrN3. The van der Waals surface area contributed by atoms with Crippen molar-refractivity contribution in [2.75, 3.05) is 5.73 Å². The Kier molecular flexibility index (Phi) is 2.62. The molecule has 3 unspecified atom stereocenters. The molecule has 1 aromatic heterocycles. The van der Waals surface area contributed by atoms with Crippen LogP contribution in [0.5, 0.6) is 0 Å². The van der Waals surface area contributed by atoms with Gasteiger partial charge in [-0.1, -0.05) is 36.7 Å². The van der Waals surface area contributed by atoms with E-state index in [1.54, 1.807) is 0 Å². The van der Waals surface area contributed by atoms with E-state index in [-0.39, 0.29) is 5.41 Å². The lowest BCUT2D eigenvalue weighted by molar-refractivity contribution is 0.0882. The Morgan fingerprint density at radius 3 is 2.76 bits per heavy atom. The van der Waals surface area contributed by atoms with Crippen LogP contribution in [0.15, 0.2) is 22.7 Å². The number of nitrogens with two attached hydrogens (primary N) is 1. The normalized spacial score (nSPS) is 33.9. The van der Waals surface area contributed by atoms with Gasteiger partial charge in [-0.25, -0.2) is 4.98 Å². The van der Waals surface area contributed by atoms with Crippen LogP contribution in [-0.2, 0) is 0 Å². The van der Waals surface area contributed by atoms with E-state index in [0.717, 1.165) is 21.4 Å². The fourth-order valence-electron chi connectivity index (χ4n) is 5.28. The second kappa shape index (κ2) is 4.03. The highest BCUT2D eigenvalue weighted by atomic mass is 79.9. The average Bonchev–Trinajstić information content (AvgIpc) is 2.98. The Morgan fingerprint density at radius 2 is 2.10 bits per heavy atom. The number of aromatic nitrogens is 2. The number of hydrogen-bond acceptors (Lipinski definition) is 2. The topological polar surface area (TPSA) is 43.8 Å². The maximum Gasteiger partial charge on any atom is 0.201 e. The summed E-state index contributed by atoms with van der Waals surface area (Å²) in [5, 5.41) is 0. The maximum atomic E-state index is 6.33. The van der Waals surface area contributed by atoms with E-state index < -0.39 is 0 Å². The summed E-state index contributed by atoms with van der Waals surface area (Å²) in [6.45, 7) is 7.27. The molecule has 2 saturated carbocycles. The van der Waals surface area contributed by atoms with Gasteiger partial charge >= 0.3 is 0 Å². The van der Waals surface area contributed by atoms with Crippen molar-refractivity contribution in [3.63, 3.8) is 0 Å². The molecule has 3 atom stereocenters. The molecule has 2 aliphatic rings. The predicted octanol–water partition coefficient (Wildman–Crippen LogP) is 4.77. The number of nitrogen functional groups attached to an aromatic ring is 1. The number of benzene rings is 1. The summed E-state index contributed by atoms with van der Waals surface area (Å²) in [6, 6.07) is 6.68. The van der Waals surface area contributed by atoms with Crippen LogP contribution in [0.1, 0.15) is 46.1 Å². The number of hydrogen-bond donors (Lipinski definition) is 1. The SMILES string of the molecule is CC12CCC(C1)C(C)(C)C2n1c(N)nc2ccc(Br)cc21. The van der Waals surface area contributed by atoms with Gasteiger partial charge in [0.15, 0.2) is 0 Å². The van der Waals surface area contributed by atoms with Crippen molar-refractivity contribution >= 4 is 32.9 Å². The summed E-state index contributed by atoms with van der Waals surface area (Å²) in [7, 11) is 0. The van der Waals surface area contributed by atoms with Gasteiger partial charge in [0.2, 0.25) is 5.95 Å². The molecule has 0 aliphatic heterocycles. The summed E-state index contributed by atoms with van der Waals surface area (Å²) in [5.41, 5.74) is 9.11. The van der Waals surface area contributed by atoms with Crippen molar-refractivity contribution in [1.82, 2.24) is 9.55 Å². The van der Waals surface area contributed by atoms with Gasteiger partial charge in [0, 0.05) is 10.5 Å². The van der Waals surface area contributed by atoms with Gasteiger partial charge in [-0.15, -0.1) is 0 Å². The van der Waals surface area contributed by atoms with Gasteiger partial charge in [-0.2, -0.15) is 0 Å². The van der Waals surface area contributed by atoms with E-state index in [1.165, 1.54) is 19.3 Å². The fourth-order valence-corrected chi connectivity index (χ4v) is 5.63. The van der Waals surface area contributed by atoms with Gasteiger partial charge in [-0.05, 0) is 54.2 Å². The van der Waals surface area contributed by atoms with E-state index in [1.807, 2.05) is 6.07 Å². The van der Waals surface area contributed by atoms with Crippen molar-refractivity contribution in [2.24, 2.45) is 16.7 Å². The minimum absolute atomic E-state index is 0.275. The maximum absolute atomic E-state index is 6.33. The molecule has 2 N–H and O–H groups in total. The predicted molar refractivity (Wildman–Crippen MR) is 90.1 cm³/mol. The molecule has 4 heteroatoms. The summed E-state index contributed by atoms with van der Waals surface area (Å²) in [5.74, 6) is 1.46. The third-order valence-electron chi connectivity index (χ3n) is 6.13. The Bertz CT molecular complexity index is 728. The third-order valence-corrected chi connectivity index (χ3v) is 6.62. The smallest absolute Gasteiger partial charge is 0.201 e. The van der Waals surface area contributed by atoms with Crippen molar-refractivity contribution in [2.45, 2.75) is 46.1 Å². The summed E-state index contributed by atoms with van der Waals surface area (Å²) in [6.07, 6.45) is 3.98. The highest BCUT2D eigenvalue weighted by molar-refractivity contribution is 9.10. The van der Waals surface area contributed by atoms with Gasteiger partial charge in [0.1, 0.15) is 0 Å². The fraction of sp³-hybridized carbons (Fsp3) is 0.588. The van der Waals surface area contributed by atoms with Gasteiger partial charge < -0.3 is 10.3 Å². The standard InChI is InChI=1S/C17H22BrN3/c1-16(2)10-6-7-17(3,9-10)14(16)21-13-8-11(18)4-5-12(13)20-15(21)19/h4-5,8,10,14H,6-7,9H2,1-3H3,(H2,19,20). The van der Waals surface area contributed by atoms with E-state index in [9.17, 15) is 0 Å². The van der Waals surface area contributed by atoms with Gasteiger partial charge in [-0.3, -0.25) is 0 Å². The Hall–Kier alpha value is -1.03. The van der Waals surface area contributed by atoms with Crippen LogP contribution in [0.4, 0.5) is 5.95 Å². The quantitative estimate of drug-likeness (QED) is 0.807. The average molecular weight is 348 g/mol. The molecule has 0 spiro atoms. The van der Waals surface area contributed by atoms with Crippen LogP contribution in [0.25, 0.3) is 11.0 Å². The van der Waals surface area contributed by atoms with Crippen LogP contribution in [0.2, 0.25) is 0 Å². The minimum atomic E-state index is 0.275. The lowest BCUT2D eigenvalue weighted by Gasteiger charge is -2.44. The number of rotatable bonds is 1. The molecular weight excluding hydrogens is 326 g/mol. The lowest BCUT2D eigenvalue weighted by atomic mass is 9.68. The number of fused-ring (bicyclic) bond motifs is 3. The number of nitrogens with zero attached hydrogens (tertiary/aromatic N) is 2. The van der Waals surface area contributed by atoms with Crippen LogP contribution in [-0.4, -0.2) is 9.55 Å². The molecule has 2 aliphatic carbocycles. The monoisotopic (exact) mass is 347 g/mol. The van der Waals surface area contributed by atoms with Crippen LogP contribution in [0, 0.1) is 16.7 Å². The van der Waals surface area contributed by atoms with E-state index in [4.69, 9.17) is 5.73 Å². The minimum Gasteiger partial charge on any atom is -0.369 e. The van der Waals surface area contributed by atoms with Crippen LogP contribution < -0.4 is 5.73 Å². The molecule has 1 aromatic carbocycles. The number of halogens is 1. The van der Waals surface area contributed by atoms with Gasteiger partial charge in [0.05, 0.1) is 11.0 Å². The highest BCUT2D eigenvalue weighted by Crippen LogP contribution is 2.68. The number of imidazole rings is 1. The molecule has 112 valence electrons. The Balaban J connectivity index is 1.98. The zero-order valence-electron chi connectivity index (χ0n) is 12.9. The molecule has 3 nitrogen and oxygen atoms in total. The first-order valence-corrected chi connectivity index (χ1v) is 8.55.